The van der Waals surface area contributed by atoms with Crippen LogP contribution in [-0.4, -0.2) is 40.7 Å². The van der Waals surface area contributed by atoms with Gasteiger partial charge in [0.25, 0.3) is 0 Å². The van der Waals surface area contributed by atoms with Gasteiger partial charge in [-0.1, -0.05) is 24.8 Å². The van der Waals surface area contributed by atoms with Gasteiger partial charge in [-0.3, -0.25) is 4.79 Å². The molecule has 2 aromatic carbocycles. The van der Waals surface area contributed by atoms with Gasteiger partial charge in [-0.05, 0) is 59.8 Å². The number of ether oxygens (including phenoxy) is 1. The minimum atomic E-state index is -0.300. The highest BCUT2D eigenvalue weighted by molar-refractivity contribution is 5.98. The van der Waals surface area contributed by atoms with Gasteiger partial charge in [0.15, 0.2) is 11.5 Å². The quantitative estimate of drug-likeness (QED) is 0.358. The summed E-state index contributed by atoms with van der Waals surface area (Å²) in [6, 6.07) is 20.1. The molecule has 5 rings (SSSR count). The van der Waals surface area contributed by atoms with E-state index in [-0.39, 0.29) is 5.91 Å². The first kappa shape index (κ1) is 20.8. The summed E-state index contributed by atoms with van der Waals surface area (Å²) < 4.78 is 9.25. The molecule has 0 atom stereocenters. The number of carbonyl (C=O) groups excluding carboxylic acids is 1. The van der Waals surface area contributed by atoms with Gasteiger partial charge in [-0.2, -0.15) is 14.2 Å². The van der Waals surface area contributed by atoms with E-state index in [4.69, 9.17) is 4.74 Å². The van der Waals surface area contributed by atoms with Crippen LogP contribution in [0, 0.1) is 6.92 Å². The molecular weight excluding hydrogens is 434 g/mol. The molecule has 11 heteroatoms. The molecule has 0 unspecified atom stereocenters. The number of carbonyl (C=O) groups is 1. The van der Waals surface area contributed by atoms with Crippen molar-refractivity contribution in [3.05, 3.63) is 85.2 Å². The summed E-state index contributed by atoms with van der Waals surface area (Å²) in [5, 5.41) is 22.0. The van der Waals surface area contributed by atoms with Crippen molar-refractivity contribution in [2.45, 2.75) is 6.92 Å². The average Bonchev–Trinajstić information content (AvgIpc) is 3.45. The van der Waals surface area contributed by atoms with Gasteiger partial charge in [-0.15, -0.1) is 10.2 Å². The average molecular weight is 453 g/mol. The number of hydrogen-bond donors (Lipinski definition) is 2. The number of nitrogens with one attached hydrogen (secondary N) is 2. The van der Waals surface area contributed by atoms with Gasteiger partial charge in [0.2, 0.25) is 17.7 Å². The third kappa shape index (κ3) is 4.30. The third-order valence-corrected chi connectivity index (χ3v) is 4.81. The molecule has 0 saturated carbocycles. The van der Waals surface area contributed by atoms with Crippen LogP contribution in [0.2, 0.25) is 0 Å². The van der Waals surface area contributed by atoms with Gasteiger partial charge in [0.05, 0.1) is 5.69 Å². The van der Waals surface area contributed by atoms with Crippen molar-refractivity contribution < 1.29 is 9.53 Å². The monoisotopic (exact) mass is 453 g/mol. The van der Waals surface area contributed by atoms with Crippen molar-refractivity contribution in [1.82, 2.24) is 34.8 Å². The predicted molar refractivity (Wildman–Crippen MR) is 126 cm³/mol. The molecule has 0 spiro atoms. The number of tetrazole rings is 1. The van der Waals surface area contributed by atoms with Gasteiger partial charge >= 0.3 is 0 Å². The van der Waals surface area contributed by atoms with Gasteiger partial charge in [-0.25, -0.2) is 0 Å². The predicted octanol–water partition coefficient (Wildman–Crippen LogP) is 3.67. The van der Waals surface area contributed by atoms with Crippen LogP contribution >= 0.6 is 0 Å². The van der Waals surface area contributed by atoms with E-state index in [1.807, 2.05) is 43.3 Å². The second-order valence-corrected chi connectivity index (χ2v) is 7.21. The molecule has 3 heterocycles. The number of fused-ring (bicyclic) bond motifs is 1. The van der Waals surface area contributed by atoms with Gasteiger partial charge in [0.1, 0.15) is 5.75 Å². The fraction of sp³-hybridized carbons (Fsp3) is 0.0435. The number of amides is 1. The van der Waals surface area contributed by atoms with Crippen LogP contribution in [-0.2, 0) is 4.79 Å². The molecule has 3 aromatic heterocycles. The fourth-order valence-corrected chi connectivity index (χ4v) is 3.28. The van der Waals surface area contributed by atoms with Crippen molar-refractivity contribution in [3.8, 4) is 17.3 Å². The Balaban J connectivity index is 1.39. The van der Waals surface area contributed by atoms with E-state index < -0.39 is 0 Å². The van der Waals surface area contributed by atoms with Gasteiger partial charge < -0.3 is 15.4 Å². The summed E-state index contributed by atoms with van der Waals surface area (Å²) >= 11 is 0. The molecule has 34 heavy (non-hydrogen) atoms. The van der Waals surface area contributed by atoms with E-state index in [1.54, 1.807) is 39.5 Å². The molecule has 5 aromatic rings. The summed E-state index contributed by atoms with van der Waals surface area (Å²) in [6.07, 6.45) is 1.21. The summed E-state index contributed by atoms with van der Waals surface area (Å²) in [6.45, 7) is 5.28. The number of nitrogens with zero attached hydrogens (tertiary/aromatic N) is 7. The van der Waals surface area contributed by atoms with E-state index in [0.29, 0.717) is 34.7 Å². The standard InChI is InChI=1S/C23H19N9O2/c1-3-21(33)24-17-8-5-10-19(14-17)34-22-12-6-11-20-26-23(28-32(20)22)25-16-7-4-9-18(13-16)31-15(2)27-29-30-31/h3-14H,1H2,2H3,(H,24,33)(H,25,28). The van der Waals surface area contributed by atoms with E-state index in [2.05, 4.69) is 42.8 Å². The Morgan fingerprint density at radius 3 is 2.71 bits per heavy atom. The lowest BCUT2D eigenvalue weighted by atomic mass is 10.3. The zero-order valence-corrected chi connectivity index (χ0v) is 18.1. The van der Waals surface area contributed by atoms with Crippen molar-refractivity contribution >= 4 is 28.9 Å². The molecule has 0 fully saturated rings. The van der Waals surface area contributed by atoms with Crippen LogP contribution < -0.4 is 15.4 Å². The zero-order chi connectivity index (χ0) is 23.5. The Morgan fingerprint density at radius 1 is 1.06 bits per heavy atom. The summed E-state index contributed by atoms with van der Waals surface area (Å²) in [5.74, 6) is 1.77. The van der Waals surface area contributed by atoms with Crippen LogP contribution in [0.5, 0.6) is 11.6 Å². The molecule has 2 N–H and O–H groups in total. The lowest BCUT2D eigenvalue weighted by molar-refractivity contribution is -0.111. The first-order valence-electron chi connectivity index (χ1n) is 10.3. The molecular formula is C23H19N9O2. The number of aryl methyl sites for hydroxylation is 1. The van der Waals surface area contributed by atoms with Gasteiger partial charge in [0, 0.05) is 23.5 Å². The lowest BCUT2D eigenvalue weighted by Gasteiger charge is -2.09. The normalized spacial score (nSPS) is 10.7. The number of pyridine rings is 1. The largest absolute Gasteiger partial charge is 0.439 e. The molecule has 11 nitrogen and oxygen atoms in total. The van der Waals surface area contributed by atoms with Crippen molar-refractivity contribution in [2.24, 2.45) is 0 Å². The van der Waals surface area contributed by atoms with Crippen molar-refractivity contribution in [1.29, 1.82) is 0 Å². The molecule has 0 saturated heterocycles. The van der Waals surface area contributed by atoms with Crippen LogP contribution in [0.4, 0.5) is 17.3 Å². The van der Waals surface area contributed by atoms with Crippen LogP contribution in [0.1, 0.15) is 5.82 Å². The highest BCUT2D eigenvalue weighted by Gasteiger charge is 2.11. The minimum Gasteiger partial charge on any atom is -0.439 e. The van der Waals surface area contributed by atoms with Crippen LogP contribution in [0.3, 0.4) is 0 Å². The maximum atomic E-state index is 11.6. The van der Waals surface area contributed by atoms with Crippen molar-refractivity contribution in [2.75, 3.05) is 10.6 Å². The first-order chi connectivity index (χ1) is 16.6. The number of aromatic nitrogens is 7. The molecule has 0 aliphatic rings. The Labute approximate surface area is 193 Å². The maximum Gasteiger partial charge on any atom is 0.247 e. The van der Waals surface area contributed by atoms with E-state index in [1.165, 1.54) is 6.08 Å². The Hall–Kier alpha value is -5.06. The second kappa shape index (κ2) is 8.82. The first-order valence-corrected chi connectivity index (χ1v) is 10.3. The minimum absolute atomic E-state index is 0.300. The maximum absolute atomic E-state index is 11.6. The van der Waals surface area contributed by atoms with Crippen LogP contribution in [0.25, 0.3) is 11.3 Å². The Bertz CT molecular complexity index is 1510. The number of anilines is 3. The van der Waals surface area contributed by atoms with E-state index >= 15 is 0 Å². The third-order valence-electron chi connectivity index (χ3n) is 4.81. The van der Waals surface area contributed by atoms with E-state index in [9.17, 15) is 4.79 Å². The second-order valence-electron chi connectivity index (χ2n) is 7.21. The molecule has 1 amide bonds. The molecule has 168 valence electrons. The Kier molecular flexibility index (Phi) is 5.40. The highest BCUT2D eigenvalue weighted by Crippen LogP contribution is 2.26. The number of benzene rings is 2. The topological polar surface area (TPSA) is 124 Å². The fourth-order valence-electron chi connectivity index (χ4n) is 3.28. The number of rotatable bonds is 7. The molecule has 0 aliphatic carbocycles. The van der Waals surface area contributed by atoms with Crippen molar-refractivity contribution in [3.63, 3.8) is 0 Å². The number of hydrogen-bond acceptors (Lipinski definition) is 8. The molecule has 0 bridgehead atoms. The van der Waals surface area contributed by atoms with Crippen LogP contribution in [0.15, 0.2) is 79.4 Å². The smallest absolute Gasteiger partial charge is 0.247 e. The van der Waals surface area contributed by atoms with E-state index in [0.717, 1.165) is 11.4 Å². The summed E-state index contributed by atoms with van der Waals surface area (Å²) in [5.41, 5.74) is 2.77. The zero-order valence-electron chi connectivity index (χ0n) is 18.1. The molecule has 0 aliphatic heterocycles. The summed E-state index contributed by atoms with van der Waals surface area (Å²) in [4.78, 5) is 16.1. The SMILES string of the molecule is C=CC(=O)Nc1cccc(Oc2cccc3nc(Nc4cccc(-n5nnnc5C)c4)nn23)c1. The molecule has 0 radical (unpaired) electrons. The summed E-state index contributed by atoms with van der Waals surface area (Å²) in [7, 11) is 0. The lowest BCUT2D eigenvalue weighted by Crippen LogP contribution is -2.07. The highest BCUT2D eigenvalue weighted by atomic mass is 16.5. The Morgan fingerprint density at radius 2 is 1.88 bits per heavy atom.